The second-order valence-electron chi connectivity index (χ2n) is 3.70. The smallest absolute Gasteiger partial charge is 0.360 e. The molecule has 0 bridgehead atoms. The highest BCUT2D eigenvalue weighted by Gasteiger charge is 2.19. The summed E-state index contributed by atoms with van der Waals surface area (Å²) >= 11 is 5.93. The third kappa shape index (κ3) is 2.04. The number of nitrogens with zero attached hydrogens (tertiary/aromatic N) is 2. The first-order valence-corrected chi connectivity index (χ1v) is 5.61. The number of nitrogen functional groups attached to an aromatic ring is 1. The summed E-state index contributed by atoms with van der Waals surface area (Å²) in [6.07, 6.45) is 0. The van der Waals surface area contributed by atoms with Gasteiger partial charge in [0.1, 0.15) is 11.6 Å². The fourth-order valence-electron chi connectivity index (χ4n) is 1.74. The Balaban J connectivity index is 2.59. The number of halogens is 1. The number of rotatable bonds is 2. The van der Waals surface area contributed by atoms with Gasteiger partial charge < -0.3 is 10.5 Å². The van der Waals surface area contributed by atoms with Crippen molar-refractivity contribution in [1.29, 1.82) is 0 Å². The van der Waals surface area contributed by atoms with Crippen LogP contribution in [0.1, 0.15) is 16.3 Å². The van der Waals surface area contributed by atoms with Crippen LogP contribution in [0.4, 0.5) is 5.82 Å². The third-order valence-electron chi connectivity index (χ3n) is 2.53. The topological polar surface area (TPSA) is 70.1 Å². The van der Waals surface area contributed by atoms with E-state index in [0.29, 0.717) is 10.8 Å². The average molecular weight is 266 g/mol. The molecule has 0 aliphatic carbocycles. The van der Waals surface area contributed by atoms with Gasteiger partial charge in [-0.05, 0) is 25.1 Å². The summed E-state index contributed by atoms with van der Waals surface area (Å²) in [4.78, 5) is 15.6. The van der Waals surface area contributed by atoms with Gasteiger partial charge in [-0.3, -0.25) is 4.57 Å². The molecule has 0 atom stereocenters. The molecule has 0 aliphatic rings. The van der Waals surface area contributed by atoms with Crippen molar-refractivity contribution in [3.63, 3.8) is 0 Å². The zero-order chi connectivity index (χ0) is 13.3. The summed E-state index contributed by atoms with van der Waals surface area (Å²) in [5, 5.41) is 0.583. The second-order valence-corrected chi connectivity index (χ2v) is 4.14. The van der Waals surface area contributed by atoms with Crippen molar-refractivity contribution in [2.24, 2.45) is 0 Å². The van der Waals surface area contributed by atoms with Gasteiger partial charge in [0.15, 0.2) is 5.69 Å². The SMILES string of the molecule is COC(=O)c1nc(C)n(-c2cccc(Cl)c2)c1N. The van der Waals surface area contributed by atoms with E-state index in [1.165, 1.54) is 7.11 Å². The summed E-state index contributed by atoms with van der Waals surface area (Å²) in [5.74, 6) is 0.271. The van der Waals surface area contributed by atoms with Gasteiger partial charge in [-0.15, -0.1) is 0 Å². The molecular formula is C12H12ClN3O2. The largest absolute Gasteiger partial charge is 0.464 e. The van der Waals surface area contributed by atoms with Crippen LogP contribution in [0.5, 0.6) is 0 Å². The summed E-state index contributed by atoms with van der Waals surface area (Å²) in [6.45, 7) is 1.75. The van der Waals surface area contributed by atoms with E-state index < -0.39 is 5.97 Å². The maximum atomic E-state index is 11.5. The maximum absolute atomic E-state index is 11.5. The Morgan fingerprint density at radius 3 is 2.83 bits per heavy atom. The Morgan fingerprint density at radius 1 is 1.50 bits per heavy atom. The molecule has 5 nitrogen and oxygen atoms in total. The molecule has 1 heterocycles. The van der Waals surface area contributed by atoms with E-state index in [1.54, 1.807) is 29.7 Å². The summed E-state index contributed by atoms with van der Waals surface area (Å²) < 4.78 is 6.28. The van der Waals surface area contributed by atoms with E-state index in [2.05, 4.69) is 9.72 Å². The van der Waals surface area contributed by atoms with E-state index in [4.69, 9.17) is 17.3 Å². The van der Waals surface area contributed by atoms with Crippen LogP contribution in [0.25, 0.3) is 5.69 Å². The predicted octanol–water partition coefficient (Wildman–Crippen LogP) is 2.20. The maximum Gasteiger partial charge on any atom is 0.360 e. The number of imidazole rings is 1. The van der Waals surface area contributed by atoms with Gasteiger partial charge in [0, 0.05) is 5.02 Å². The molecule has 0 aliphatic heterocycles. The summed E-state index contributed by atoms with van der Waals surface area (Å²) in [5.41, 5.74) is 6.78. The van der Waals surface area contributed by atoms with Gasteiger partial charge >= 0.3 is 5.97 Å². The highest BCUT2D eigenvalue weighted by atomic mass is 35.5. The Kier molecular flexibility index (Phi) is 3.25. The van der Waals surface area contributed by atoms with Crippen LogP contribution in [0.15, 0.2) is 24.3 Å². The minimum absolute atomic E-state index is 0.106. The minimum atomic E-state index is -0.559. The van der Waals surface area contributed by atoms with E-state index in [0.717, 1.165) is 5.69 Å². The molecule has 0 radical (unpaired) electrons. The first kappa shape index (κ1) is 12.4. The molecule has 2 N–H and O–H groups in total. The van der Waals surface area contributed by atoms with Gasteiger partial charge in [-0.1, -0.05) is 17.7 Å². The molecule has 18 heavy (non-hydrogen) atoms. The van der Waals surface area contributed by atoms with Crippen molar-refractivity contribution in [3.05, 3.63) is 40.8 Å². The van der Waals surface area contributed by atoms with Crippen LogP contribution < -0.4 is 5.73 Å². The zero-order valence-electron chi connectivity index (χ0n) is 9.98. The Morgan fingerprint density at radius 2 is 2.22 bits per heavy atom. The third-order valence-corrected chi connectivity index (χ3v) is 2.76. The standard InChI is InChI=1S/C12H12ClN3O2/c1-7-15-10(12(17)18-2)11(14)16(7)9-5-3-4-8(13)6-9/h3-6H,14H2,1-2H3. The number of ether oxygens (including phenoxy) is 1. The lowest BCUT2D eigenvalue weighted by molar-refractivity contribution is 0.0596. The molecule has 2 aromatic rings. The summed E-state index contributed by atoms with van der Waals surface area (Å²) in [7, 11) is 1.29. The number of benzene rings is 1. The van der Waals surface area contributed by atoms with E-state index >= 15 is 0 Å². The number of anilines is 1. The quantitative estimate of drug-likeness (QED) is 0.845. The molecule has 1 aromatic carbocycles. The first-order valence-electron chi connectivity index (χ1n) is 5.23. The molecule has 0 spiro atoms. The van der Waals surface area contributed by atoms with Crippen molar-refractivity contribution >= 4 is 23.4 Å². The van der Waals surface area contributed by atoms with Crippen molar-refractivity contribution in [2.45, 2.75) is 6.92 Å². The molecule has 0 unspecified atom stereocenters. The Hall–Kier alpha value is -2.01. The lowest BCUT2D eigenvalue weighted by Gasteiger charge is -2.07. The van der Waals surface area contributed by atoms with Crippen molar-refractivity contribution in [2.75, 3.05) is 12.8 Å². The number of methoxy groups -OCH3 is 1. The van der Waals surface area contributed by atoms with E-state index in [1.807, 2.05) is 6.07 Å². The normalized spacial score (nSPS) is 10.4. The number of hydrogen-bond acceptors (Lipinski definition) is 4. The Bertz CT molecular complexity index is 607. The highest BCUT2D eigenvalue weighted by Crippen LogP contribution is 2.23. The second kappa shape index (κ2) is 4.70. The first-order chi connectivity index (χ1) is 8.54. The molecule has 0 amide bonds. The van der Waals surface area contributed by atoms with Crippen LogP contribution in [0.3, 0.4) is 0 Å². The van der Waals surface area contributed by atoms with Crippen LogP contribution in [-0.2, 0) is 4.74 Å². The lowest BCUT2D eigenvalue weighted by atomic mass is 10.3. The monoisotopic (exact) mass is 265 g/mol. The average Bonchev–Trinajstić information content (AvgIpc) is 2.64. The highest BCUT2D eigenvalue weighted by molar-refractivity contribution is 6.30. The summed E-state index contributed by atoms with van der Waals surface area (Å²) in [6, 6.07) is 7.13. The van der Waals surface area contributed by atoms with Crippen molar-refractivity contribution in [1.82, 2.24) is 9.55 Å². The van der Waals surface area contributed by atoms with Gasteiger partial charge in [0.05, 0.1) is 12.8 Å². The molecule has 2 rings (SSSR count). The van der Waals surface area contributed by atoms with Crippen molar-refractivity contribution in [3.8, 4) is 5.69 Å². The molecule has 94 valence electrons. The molecule has 0 saturated heterocycles. The van der Waals surface area contributed by atoms with Gasteiger partial charge in [0.2, 0.25) is 0 Å². The predicted molar refractivity (Wildman–Crippen MR) is 69.1 cm³/mol. The Labute approximate surface area is 109 Å². The fraction of sp³-hybridized carbons (Fsp3) is 0.167. The van der Waals surface area contributed by atoms with Crippen LogP contribution in [-0.4, -0.2) is 22.6 Å². The molecule has 1 aromatic heterocycles. The fourth-order valence-corrected chi connectivity index (χ4v) is 1.92. The molecule has 0 fully saturated rings. The number of carbonyl (C=O) groups is 1. The van der Waals surface area contributed by atoms with E-state index in [9.17, 15) is 4.79 Å². The van der Waals surface area contributed by atoms with Crippen LogP contribution in [0, 0.1) is 6.92 Å². The van der Waals surface area contributed by atoms with Gasteiger partial charge in [-0.25, -0.2) is 9.78 Å². The molecular weight excluding hydrogens is 254 g/mol. The van der Waals surface area contributed by atoms with E-state index in [-0.39, 0.29) is 11.5 Å². The zero-order valence-corrected chi connectivity index (χ0v) is 10.7. The molecule has 6 heteroatoms. The van der Waals surface area contributed by atoms with Gasteiger partial charge in [0.25, 0.3) is 0 Å². The van der Waals surface area contributed by atoms with Crippen LogP contribution >= 0.6 is 11.6 Å². The number of esters is 1. The lowest BCUT2D eigenvalue weighted by Crippen LogP contribution is -2.07. The van der Waals surface area contributed by atoms with Crippen molar-refractivity contribution < 1.29 is 9.53 Å². The number of nitrogens with two attached hydrogens (primary N) is 1. The number of carbonyl (C=O) groups excluding carboxylic acids is 1. The molecule has 0 saturated carbocycles. The number of hydrogen-bond donors (Lipinski definition) is 1. The number of aromatic nitrogens is 2. The van der Waals surface area contributed by atoms with Gasteiger partial charge in [-0.2, -0.15) is 0 Å². The van der Waals surface area contributed by atoms with Crippen LogP contribution in [0.2, 0.25) is 5.02 Å². The minimum Gasteiger partial charge on any atom is -0.464 e. The number of aryl methyl sites for hydroxylation is 1.